The van der Waals surface area contributed by atoms with Gasteiger partial charge in [0.25, 0.3) is 0 Å². The van der Waals surface area contributed by atoms with Gasteiger partial charge in [-0.15, -0.1) is 6.42 Å². The van der Waals surface area contributed by atoms with Crippen molar-refractivity contribution in [2.24, 2.45) is 0 Å². The van der Waals surface area contributed by atoms with Crippen LogP contribution in [0.3, 0.4) is 0 Å². The van der Waals surface area contributed by atoms with E-state index in [0.29, 0.717) is 16.7 Å². The molecule has 88 valence electrons. The number of hydrogen-bond acceptors (Lipinski definition) is 2. The molecule has 2 rings (SSSR count). The van der Waals surface area contributed by atoms with E-state index in [4.69, 9.17) is 6.42 Å². The normalized spacial score (nSPS) is 9.78. The Morgan fingerprint density at radius 3 is 2.39 bits per heavy atom. The lowest BCUT2D eigenvalue weighted by Gasteiger charge is -2.08. The van der Waals surface area contributed by atoms with E-state index in [-0.39, 0.29) is 11.5 Å². The lowest BCUT2D eigenvalue weighted by molar-refractivity contribution is 0.101. The van der Waals surface area contributed by atoms with Gasteiger partial charge in [0.1, 0.15) is 5.75 Å². The fourth-order valence-corrected chi connectivity index (χ4v) is 1.84. The van der Waals surface area contributed by atoms with Crippen LogP contribution in [0.5, 0.6) is 5.75 Å². The minimum Gasteiger partial charge on any atom is -0.507 e. The molecule has 2 aromatic carbocycles. The lowest BCUT2D eigenvalue weighted by atomic mass is 9.97. The van der Waals surface area contributed by atoms with Gasteiger partial charge in [-0.05, 0) is 24.6 Å². The molecule has 0 fully saturated rings. The summed E-state index contributed by atoms with van der Waals surface area (Å²) in [5.74, 6) is 2.70. The average Bonchev–Trinajstić information content (AvgIpc) is 2.38. The van der Waals surface area contributed by atoms with Crippen LogP contribution < -0.4 is 0 Å². The molecule has 0 saturated heterocycles. The molecule has 18 heavy (non-hydrogen) atoms. The summed E-state index contributed by atoms with van der Waals surface area (Å²) in [6, 6.07) is 12.1. The highest BCUT2D eigenvalue weighted by molar-refractivity contribution is 5.94. The molecule has 0 aliphatic rings. The average molecular weight is 236 g/mol. The molecular weight excluding hydrogens is 224 g/mol. The minimum atomic E-state index is 0.0102. The van der Waals surface area contributed by atoms with Crippen LogP contribution in [0.4, 0.5) is 0 Å². The number of ketones is 1. The second kappa shape index (κ2) is 4.77. The molecule has 0 radical (unpaired) electrons. The van der Waals surface area contributed by atoms with Gasteiger partial charge in [0, 0.05) is 16.7 Å². The summed E-state index contributed by atoms with van der Waals surface area (Å²) in [6.07, 6.45) is 5.42. The monoisotopic (exact) mass is 236 g/mol. The first-order valence-corrected chi connectivity index (χ1v) is 5.53. The van der Waals surface area contributed by atoms with Crippen molar-refractivity contribution < 1.29 is 9.90 Å². The predicted molar refractivity (Wildman–Crippen MR) is 71.5 cm³/mol. The van der Waals surface area contributed by atoms with Gasteiger partial charge in [-0.3, -0.25) is 4.79 Å². The van der Waals surface area contributed by atoms with E-state index in [2.05, 4.69) is 5.92 Å². The first-order chi connectivity index (χ1) is 8.63. The number of carbonyl (C=O) groups excluding carboxylic acids is 1. The number of phenols is 1. The highest BCUT2D eigenvalue weighted by Crippen LogP contribution is 2.32. The third-order valence-corrected chi connectivity index (χ3v) is 2.78. The minimum absolute atomic E-state index is 0.0102. The van der Waals surface area contributed by atoms with Crippen molar-refractivity contribution in [2.45, 2.75) is 6.92 Å². The fraction of sp³-hybridized carbons (Fsp3) is 0.0625. The number of benzene rings is 2. The van der Waals surface area contributed by atoms with Crippen molar-refractivity contribution in [2.75, 3.05) is 0 Å². The Balaban J connectivity index is 2.56. The van der Waals surface area contributed by atoms with Crippen molar-refractivity contribution in [1.82, 2.24) is 0 Å². The van der Waals surface area contributed by atoms with E-state index < -0.39 is 0 Å². The van der Waals surface area contributed by atoms with E-state index in [0.717, 1.165) is 5.56 Å². The van der Waals surface area contributed by atoms with Gasteiger partial charge in [-0.25, -0.2) is 0 Å². The molecule has 0 heterocycles. The summed E-state index contributed by atoms with van der Waals surface area (Å²) >= 11 is 0. The smallest absolute Gasteiger partial charge is 0.159 e. The van der Waals surface area contributed by atoms with Crippen LogP contribution in [0.1, 0.15) is 22.8 Å². The summed E-state index contributed by atoms with van der Waals surface area (Å²) in [6.45, 7) is 1.52. The molecule has 0 unspecified atom stereocenters. The number of rotatable bonds is 2. The number of carbonyl (C=O) groups is 1. The molecule has 0 spiro atoms. The molecule has 2 nitrogen and oxygen atoms in total. The first-order valence-electron chi connectivity index (χ1n) is 5.53. The second-order valence-electron chi connectivity index (χ2n) is 3.98. The number of aromatic hydroxyl groups is 1. The quantitative estimate of drug-likeness (QED) is 0.642. The summed E-state index contributed by atoms with van der Waals surface area (Å²) in [4.78, 5) is 11.2. The Morgan fingerprint density at radius 1 is 1.17 bits per heavy atom. The van der Waals surface area contributed by atoms with E-state index in [9.17, 15) is 9.90 Å². The molecule has 0 aliphatic heterocycles. The Kier molecular flexibility index (Phi) is 3.16. The Morgan fingerprint density at radius 2 is 1.83 bits per heavy atom. The summed E-state index contributed by atoms with van der Waals surface area (Å²) < 4.78 is 0. The van der Waals surface area contributed by atoms with Crippen LogP contribution in [0.25, 0.3) is 11.1 Å². The molecule has 1 N–H and O–H groups in total. The van der Waals surface area contributed by atoms with Gasteiger partial charge in [-0.1, -0.05) is 36.3 Å². The Hall–Kier alpha value is -2.53. The highest BCUT2D eigenvalue weighted by Gasteiger charge is 2.09. The predicted octanol–water partition coefficient (Wildman–Crippen LogP) is 3.24. The van der Waals surface area contributed by atoms with Gasteiger partial charge < -0.3 is 5.11 Å². The Bertz CT molecular complexity index is 631. The maximum Gasteiger partial charge on any atom is 0.159 e. The highest BCUT2D eigenvalue weighted by atomic mass is 16.3. The van der Waals surface area contributed by atoms with Gasteiger partial charge in [0.2, 0.25) is 0 Å². The van der Waals surface area contributed by atoms with Crippen molar-refractivity contribution >= 4 is 5.78 Å². The van der Waals surface area contributed by atoms with Crippen molar-refractivity contribution in [3.8, 4) is 29.2 Å². The molecule has 0 saturated carbocycles. The third-order valence-electron chi connectivity index (χ3n) is 2.78. The van der Waals surface area contributed by atoms with Crippen LogP contribution in [0.15, 0.2) is 42.5 Å². The fourth-order valence-electron chi connectivity index (χ4n) is 1.84. The van der Waals surface area contributed by atoms with Gasteiger partial charge in [-0.2, -0.15) is 0 Å². The number of phenolic OH excluding ortho intramolecular Hbond substituents is 1. The number of hydrogen-bond donors (Lipinski definition) is 1. The van der Waals surface area contributed by atoms with E-state index in [1.807, 2.05) is 0 Å². The first kappa shape index (κ1) is 11.9. The standard InChI is InChI=1S/C16H12O2/c1-3-12-5-4-6-15(18)16(12)14-9-7-13(8-10-14)11(2)17/h1,4-10,18H,2H3. The van der Waals surface area contributed by atoms with Crippen molar-refractivity contribution in [3.63, 3.8) is 0 Å². The zero-order chi connectivity index (χ0) is 13.1. The van der Waals surface area contributed by atoms with Crippen molar-refractivity contribution in [1.29, 1.82) is 0 Å². The molecule has 0 bridgehead atoms. The summed E-state index contributed by atoms with van der Waals surface area (Å²) in [5.41, 5.74) is 2.68. The molecule has 2 heteroatoms. The SMILES string of the molecule is C#Cc1cccc(O)c1-c1ccc(C(C)=O)cc1. The number of Topliss-reactive ketones (excluding diaryl/α,β-unsaturated/α-hetero) is 1. The number of terminal acetylenes is 1. The van der Waals surface area contributed by atoms with Gasteiger partial charge in [0.05, 0.1) is 0 Å². The van der Waals surface area contributed by atoms with E-state index in [1.165, 1.54) is 6.92 Å². The molecule has 0 amide bonds. The van der Waals surface area contributed by atoms with Crippen molar-refractivity contribution in [3.05, 3.63) is 53.6 Å². The summed E-state index contributed by atoms with van der Waals surface area (Å²) in [7, 11) is 0. The Labute approximate surface area is 106 Å². The maximum atomic E-state index is 11.2. The van der Waals surface area contributed by atoms with Crippen LogP contribution in [0.2, 0.25) is 0 Å². The molecular formula is C16H12O2. The molecule has 0 aromatic heterocycles. The van der Waals surface area contributed by atoms with Gasteiger partial charge >= 0.3 is 0 Å². The largest absolute Gasteiger partial charge is 0.507 e. The molecule has 2 aromatic rings. The van der Waals surface area contributed by atoms with Crippen LogP contribution in [-0.2, 0) is 0 Å². The molecule has 0 aliphatic carbocycles. The zero-order valence-corrected chi connectivity index (χ0v) is 9.97. The van der Waals surface area contributed by atoms with E-state index in [1.54, 1.807) is 42.5 Å². The van der Waals surface area contributed by atoms with Crippen LogP contribution >= 0.6 is 0 Å². The lowest BCUT2D eigenvalue weighted by Crippen LogP contribution is -1.92. The second-order valence-corrected chi connectivity index (χ2v) is 3.98. The van der Waals surface area contributed by atoms with Crippen LogP contribution in [-0.4, -0.2) is 10.9 Å². The third kappa shape index (κ3) is 2.11. The van der Waals surface area contributed by atoms with Crippen LogP contribution in [0, 0.1) is 12.3 Å². The topological polar surface area (TPSA) is 37.3 Å². The molecule has 0 atom stereocenters. The summed E-state index contributed by atoms with van der Waals surface area (Å²) in [5, 5.41) is 9.89. The zero-order valence-electron chi connectivity index (χ0n) is 9.97. The van der Waals surface area contributed by atoms with E-state index >= 15 is 0 Å². The van der Waals surface area contributed by atoms with Gasteiger partial charge in [0.15, 0.2) is 5.78 Å². The maximum absolute atomic E-state index is 11.2.